The zero-order valence-corrected chi connectivity index (χ0v) is 21.2. The molecule has 0 aliphatic carbocycles. The van der Waals surface area contributed by atoms with Crippen LogP contribution in [0.3, 0.4) is 0 Å². The van der Waals surface area contributed by atoms with E-state index in [1.807, 2.05) is 0 Å². The average molecular weight is 485 g/mol. The van der Waals surface area contributed by atoms with Gasteiger partial charge in [0.1, 0.15) is 0 Å². The van der Waals surface area contributed by atoms with Gasteiger partial charge in [-0.3, -0.25) is 0 Å². The zero-order valence-electron chi connectivity index (χ0n) is 21.2. The Morgan fingerprint density at radius 1 is 0.289 bits per heavy atom. The van der Waals surface area contributed by atoms with Gasteiger partial charge in [0.05, 0.1) is 0 Å². The molecule has 0 spiro atoms. The molecule has 0 aliphatic rings. The highest BCUT2D eigenvalue weighted by atomic mass is 14.2. The minimum atomic E-state index is 1.02. The molecule has 0 bridgehead atoms. The van der Waals surface area contributed by atoms with Gasteiger partial charge in [0.15, 0.2) is 0 Å². The Kier molecular flexibility index (Phi) is 6.53. The maximum absolute atomic E-state index is 4.60. The van der Waals surface area contributed by atoms with E-state index >= 15 is 0 Å². The molecule has 0 N–H and O–H groups in total. The molecule has 0 heterocycles. The fourth-order valence-corrected chi connectivity index (χ4v) is 5.09. The number of hydrogen-bond acceptors (Lipinski definition) is 0. The molecule has 38 heavy (non-hydrogen) atoms. The summed E-state index contributed by atoms with van der Waals surface area (Å²) in [4.78, 5) is 0. The first-order chi connectivity index (χ1) is 18.8. The minimum Gasteiger partial charge on any atom is -0.0905 e. The van der Waals surface area contributed by atoms with Crippen molar-refractivity contribution in [3.05, 3.63) is 175 Å². The van der Waals surface area contributed by atoms with Gasteiger partial charge in [0.25, 0.3) is 0 Å². The maximum Gasteiger partial charge on any atom is -0.0105 e. The topological polar surface area (TPSA) is 0 Å². The third kappa shape index (κ3) is 4.73. The van der Waals surface area contributed by atoms with Gasteiger partial charge < -0.3 is 0 Å². The van der Waals surface area contributed by atoms with Gasteiger partial charge in [-0.25, -0.2) is 0 Å². The van der Waals surface area contributed by atoms with Crippen molar-refractivity contribution in [2.45, 2.75) is 0 Å². The van der Waals surface area contributed by atoms with Crippen LogP contribution in [0.15, 0.2) is 164 Å². The van der Waals surface area contributed by atoms with Gasteiger partial charge in [0, 0.05) is 0 Å². The summed E-state index contributed by atoms with van der Waals surface area (Å²) in [5.74, 6) is 0. The Morgan fingerprint density at radius 3 is 0.974 bits per heavy atom. The third-order valence-corrected chi connectivity index (χ3v) is 7.11. The summed E-state index contributed by atoms with van der Waals surface area (Å²) >= 11 is 0. The van der Waals surface area contributed by atoms with E-state index in [9.17, 15) is 0 Å². The lowest BCUT2D eigenvalue weighted by molar-refractivity contribution is 1.52. The monoisotopic (exact) mass is 484 g/mol. The molecular weight excluding hydrogens is 456 g/mol. The molecule has 180 valence electrons. The lowest BCUT2D eigenvalue weighted by atomic mass is 9.87. The van der Waals surface area contributed by atoms with Crippen LogP contribution in [0.5, 0.6) is 0 Å². The summed E-state index contributed by atoms with van der Waals surface area (Å²) in [7, 11) is 0. The van der Waals surface area contributed by atoms with Gasteiger partial charge in [-0.2, -0.15) is 0 Å². The van der Waals surface area contributed by atoms with E-state index < -0.39 is 0 Å². The van der Waals surface area contributed by atoms with Crippen LogP contribution < -0.4 is 0 Å². The normalized spacial score (nSPS) is 10.7. The van der Waals surface area contributed by atoms with Crippen LogP contribution in [0.25, 0.3) is 50.1 Å². The SMILES string of the molecule is C=C(c1ccccc1-c1ccc(-c2ccccc2)cc1)c1ccccc1-c1ccc(-c2ccccc2)cc1. The van der Waals surface area contributed by atoms with Crippen molar-refractivity contribution in [3.63, 3.8) is 0 Å². The number of hydrogen-bond donors (Lipinski definition) is 0. The standard InChI is InChI=1S/C38H28/c1-28(35-16-8-10-18-37(35)33-24-20-31(21-25-33)29-12-4-2-5-13-29)36-17-9-11-19-38(36)34-26-22-32(23-27-34)30-14-6-3-7-15-30/h2-27H,1H2. The van der Waals surface area contributed by atoms with Crippen LogP contribution in [0.4, 0.5) is 0 Å². The zero-order chi connectivity index (χ0) is 25.7. The predicted octanol–water partition coefficient (Wildman–Crippen LogP) is 10.4. The Morgan fingerprint density at radius 2 is 0.579 bits per heavy atom. The van der Waals surface area contributed by atoms with Gasteiger partial charge in [-0.15, -0.1) is 0 Å². The van der Waals surface area contributed by atoms with Gasteiger partial charge >= 0.3 is 0 Å². The molecule has 0 fully saturated rings. The molecule has 0 amide bonds. The lowest BCUT2D eigenvalue weighted by Gasteiger charge is -2.17. The summed E-state index contributed by atoms with van der Waals surface area (Å²) in [6.45, 7) is 4.60. The van der Waals surface area contributed by atoms with Crippen molar-refractivity contribution in [3.8, 4) is 44.5 Å². The van der Waals surface area contributed by atoms with Gasteiger partial charge in [0.2, 0.25) is 0 Å². The highest BCUT2D eigenvalue weighted by Gasteiger charge is 2.14. The van der Waals surface area contributed by atoms with E-state index in [-0.39, 0.29) is 0 Å². The predicted molar refractivity (Wildman–Crippen MR) is 163 cm³/mol. The van der Waals surface area contributed by atoms with Crippen LogP contribution in [-0.2, 0) is 0 Å². The van der Waals surface area contributed by atoms with Gasteiger partial charge in [-0.05, 0) is 61.2 Å². The molecule has 6 aromatic rings. The summed E-state index contributed by atoms with van der Waals surface area (Å²) in [6, 6.07) is 55.8. The molecule has 0 radical (unpaired) electrons. The Balaban J connectivity index is 1.34. The molecule has 0 atom stereocenters. The smallest absolute Gasteiger partial charge is 0.0105 e. The highest BCUT2D eigenvalue weighted by molar-refractivity contribution is 5.93. The molecule has 0 aromatic heterocycles. The van der Waals surface area contributed by atoms with E-state index in [4.69, 9.17) is 0 Å². The molecule has 6 aromatic carbocycles. The second-order valence-electron chi connectivity index (χ2n) is 9.46. The van der Waals surface area contributed by atoms with Crippen LogP contribution >= 0.6 is 0 Å². The van der Waals surface area contributed by atoms with E-state index in [1.165, 1.54) is 44.5 Å². The molecule has 0 saturated carbocycles. The average Bonchev–Trinajstić information content (AvgIpc) is 3.02. The van der Waals surface area contributed by atoms with Crippen molar-refractivity contribution in [2.24, 2.45) is 0 Å². The quantitative estimate of drug-likeness (QED) is 0.220. The molecule has 6 rings (SSSR count). The molecule has 0 unspecified atom stereocenters. The molecule has 0 saturated heterocycles. The summed E-state index contributed by atoms with van der Waals surface area (Å²) in [6.07, 6.45) is 0. The number of rotatable bonds is 6. The Labute approximate surface area is 225 Å². The van der Waals surface area contributed by atoms with Crippen LogP contribution in [0.2, 0.25) is 0 Å². The summed E-state index contributed by atoms with van der Waals surface area (Å²) < 4.78 is 0. The Bertz CT molecular complexity index is 1550. The van der Waals surface area contributed by atoms with Crippen molar-refractivity contribution < 1.29 is 0 Å². The molecular formula is C38H28. The second-order valence-corrected chi connectivity index (χ2v) is 9.46. The van der Waals surface area contributed by atoms with Crippen molar-refractivity contribution in [2.75, 3.05) is 0 Å². The highest BCUT2D eigenvalue weighted by Crippen LogP contribution is 2.37. The summed E-state index contributed by atoms with van der Waals surface area (Å²) in [5.41, 5.74) is 12.9. The first-order valence-corrected chi connectivity index (χ1v) is 13.0. The summed E-state index contributed by atoms with van der Waals surface area (Å²) in [5, 5.41) is 0. The van der Waals surface area contributed by atoms with Crippen molar-refractivity contribution >= 4 is 5.57 Å². The molecule has 0 heteroatoms. The first-order valence-electron chi connectivity index (χ1n) is 13.0. The first kappa shape index (κ1) is 23.5. The largest absolute Gasteiger partial charge is 0.0905 e. The number of benzene rings is 6. The maximum atomic E-state index is 4.60. The fraction of sp³-hybridized carbons (Fsp3) is 0. The van der Waals surface area contributed by atoms with E-state index in [0.29, 0.717) is 0 Å². The van der Waals surface area contributed by atoms with Crippen LogP contribution in [0, 0.1) is 0 Å². The van der Waals surface area contributed by atoms with E-state index in [0.717, 1.165) is 16.7 Å². The fourth-order valence-electron chi connectivity index (χ4n) is 5.09. The second kappa shape index (κ2) is 10.6. The van der Waals surface area contributed by atoms with E-state index in [1.54, 1.807) is 0 Å². The van der Waals surface area contributed by atoms with E-state index in [2.05, 4.69) is 164 Å². The van der Waals surface area contributed by atoms with Crippen molar-refractivity contribution in [1.82, 2.24) is 0 Å². The van der Waals surface area contributed by atoms with Gasteiger partial charge in [-0.1, -0.05) is 164 Å². The van der Waals surface area contributed by atoms with Crippen LogP contribution in [-0.4, -0.2) is 0 Å². The van der Waals surface area contributed by atoms with Crippen molar-refractivity contribution in [1.29, 1.82) is 0 Å². The Hall–Kier alpha value is -4.94. The minimum absolute atomic E-state index is 1.02. The molecule has 0 aliphatic heterocycles. The third-order valence-electron chi connectivity index (χ3n) is 7.11. The van der Waals surface area contributed by atoms with Crippen LogP contribution in [0.1, 0.15) is 11.1 Å². The lowest BCUT2D eigenvalue weighted by Crippen LogP contribution is -1.94. The molecule has 0 nitrogen and oxygen atoms in total.